The van der Waals surface area contributed by atoms with E-state index in [1.165, 1.54) is 12.1 Å². The number of phenols is 2. The van der Waals surface area contributed by atoms with Gasteiger partial charge in [0.25, 0.3) is 5.91 Å². The van der Waals surface area contributed by atoms with Gasteiger partial charge in [0.2, 0.25) is 0 Å². The lowest BCUT2D eigenvalue weighted by atomic mass is 9.97. The Balaban J connectivity index is 2.10. The smallest absolute Gasteiger partial charge is 0.310 e. The maximum absolute atomic E-state index is 12.4. The van der Waals surface area contributed by atoms with Crippen LogP contribution < -0.4 is 0 Å². The van der Waals surface area contributed by atoms with Crippen molar-refractivity contribution in [3.8, 4) is 11.5 Å². The molecule has 2 N–H and O–H groups in total. The third-order valence-corrected chi connectivity index (χ3v) is 3.48. The van der Waals surface area contributed by atoms with Gasteiger partial charge in [-0.2, -0.15) is 0 Å². The summed E-state index contributed by atoms with van der Waals surface area (Å²) in [5.41, 5.74) is 0.206. The number of carbonyl (C=O) groups is 2. The average Bonchev–Trinajstić information content (AvgIpc) is 2.46. The molecule has 21 heavy (non-hydrogen) atoms. The molecule has 6 nitrogen and oxygen atoms in total. The summed E-state index contributed by atoms with van der Waals surface area (Å²) >= 11 is 0. The van der Waals surface area contributed by atoms with Crippen molar-refractivity contribution in [1.29, 1.82) is 0 Å². The first-order chi connectivity index (χ1) is 10.0. The number of hydrogen-bond donors (Lipinski definition) is 2. The van der Waals surface area contributed by atoms with E-state index in [0.717, 1.165) is 12.5 Å². The van der Waals surface area contributed by atoms with Crippen molar-refractivity contribution in [3.63, 3.8) is 0 Å². The highest BCUT2D eigenvalue weighted by Gasteiger charge is 2.30. The SMILES string of the molecule is CCOC(=O)C1CCCN(C(=O)c2cc(O)cc(O)c2)C1. The quantitative estimate of drug-likeness (QED) is 0.825. The molecule has 2 rings (SSSR count). The lowest BCUT2D eigenvalue weighted by Gasteiger charge is -2.31. The van der Waals surface area contributed by atoms with Crippen LogP contribution in [0.15, 0.2) is 18.2 Å². The Labute approximate surface area is 122 Å². The molecule has 1 unspecified atom stereocenters. The van der Waals surface area contributed by atoms with Crippen molar-refractivity contribution in [2.24, 2.45) is 5.92 Å². The Morgan fingerprint density at radius 3 is 2.57 bits per heavy atom. The second-order valence-corrected chi connectivity index (χ2v) is 5.08. The molecule has 1 fully saturated rings. The maximum Gasteiger partial charge on any atom is 0.310 e. The van der Waals surface area contributed by atoms with Crippen molar-refractivity contribution in [1.82, 2.24) is 4.90 Å². The third-order valence-electron chi connectivity index (χ3n) is 3.48. The Kier molecular flexibility index (Phi) is 4.67. The van der Waals surface area contributed by atoms with Crippen LogP contribution in [0.3, 0.4) is 0 Å². The Morgan fingerprint density at radius 2 is 1.95 bits per heavy atom. The molecule has 1 aliphatic rings. The van der Waals surface area contributed by atoms with E-state index in [1.54, 1.807) is 11.8 Å². The molecule has 0 spiro atoms. The number of aromatic hydroxyl groups is 2. The van der Waals surface area contributed by atoms with E-state index in [0.29, 0.717) is 26.1 Å². The number of likely N-dealkylation sites (tertiary alicyclic amines) is 1. The fourth-order valence-corrected chi connectivity index (χ4v) is 2.52. The minimum atomic E-state index is -0.312. The first-order valence-corrected chi connectivity index (χ1v) is 7.00. The van der Waals surface area contributed by atoms with Crippen LogP contribution in [0.4, 0.5) is 0 Å². The minimum Gasteiger partial charge on any atom is -0.508 e. The number of benzene rings is 1. The molecule has 1 atom stereocenters. The van der Waals surface area contributed by atoms with Gasteiger partial charge in [0, 0.05) is 24.7 Å². The highest BCUT2D eigenvalue weighted by Crippen LogP contribution is 2.24. The molecule has 1 saturated heterocycles. The van der Waals surface area contributed by atoms with E-state index in [4.69, 9.17) is 4.74 Å². The molecule has 1 heterocycles. The van der Waals surface area contributed by atoms with Gasteiger partial charge in [0.15, 0.2) is 0 Å². The zero-order valence-electron chi connectivity index (χ0n) is 11.9. The number of phenolic OH excluding ortho intramolecular Hbond substituents is 2. The molecule has 1 aromatic carbocycles. The first kappa shape index (κ1) is 15.2. The molecule has 0 aliphatic carbocycles. The van der Waals surface area contributed by atoms with Crippen molar-refractivity contribution < 1.29 is 24.5 Å². The molecule has 0 radical (unpaired) electrons. The second-order valence-electron chi connectivity index (χ2n) is 5.08. The summed E-state index contributed by atoms with van der Waals surface area (Å²) in [5.74, 6) is -1.24. The fraction of sp³-hybridized carbons (Fsp3) is 0.467. The van der Waals surface area contributed by atoms with Crippen LogP contribution in [0, 0.1) is 5.92 Å². The van der Waals surface area contributed by atoms with Crippen LogP contribution in [0.5, 0.6) is 11.5 Å². The zero-order valence-corrected chi connectivity index (χ0v) is 11.9. The first-order valence-electron chi connectivity index (χ1n) is 7.00. The summed E-state index contributed by atoms with van der Waals surface area (Å²) in [5, 5.41) is 18.9. The van der Waals surface area contributed by atoms with E-state index in [9.17, 15) is 19.8 Å². The van der Waals surface area contributed by atoms with Crippen molar-refractivity contribution >= 4 is 11.9 Å². The highest BCUT2D eigenvalue weighted by molar-refractivity contribution is 5.95. The Hall–Kier alpha value is -2.24. The van der Waals surface area contributed by atoms with Crippen LogP contribution in [-0.2, 0) is 9.53 Å². The number of amides is 1. The van der Waals surface area contributed by atoms with Gasteiger partial charge in [-0.25, -0.2) is 0 Å². The lowest BCUT2D eigenvalue weighted by Crippen LogP contribution is -2.42. The average molecular weight is 293 g/mol. The van der Waals surface area contributed by atoms with Gasteiger partial charge in [0.05, 0.1) is 12.5 Å². The number of ether oxygens (including phenoxy) is 1. The Morgan fingerprint density at radius 1 is 1.29 bits per heavy atom. The van der Waals surface area contributed by atoms with Crippen LogP contribution in [-0.4, -0.2) is 46.7 Å². The topological polar surface area (TPSA) is 87.1 Å². The van der Waals surface area contributed by atoms with Crippen LogP contribution in [0.2, 0.25) is 0 Å². The molecule has 0 saturated carbocycles. The number of carbonyl (C=O) groups excluding carboxylic acids is 2. The summed E-state index contributed by atoms with van der Waals surface area (Å²) in [4.78, 5) is 25.7. The van der Waals surface area contributed by atoms with Gasteiger partial charge in [-0.3, -0.25) is 9.59 Å². The van der Waals surface area contributed by atoms with E-state index in [-0.39, 0.29) is 34.9 Å². The molecule has 1 amide bonds. The van der Waals surface area contributed by atoms with Crippen LogP contribution in [0.1, 0.15) is 30.1 Å². The van der Waals surface area contributed by atoms with Gasteiger partial charge in [-0.15, -0.1) is 0 Å². The van der Waals surface area contributed by atoms with Gasteiger partial charge in [0.1, 0.15) is 11.5 Å². The summed E-state index contributed by atoms with van der Waals surface area (Å²) in [6.45, 7) is 2.92. The summed E-state index contributed by atoms with van der Waals surface area (Å²) in [6.07, 6.45) is 1.42. The van der Waals surface area contributed by atoms with Crippen LogP contribution >= 0.6 is 0 Å². The fourth-order valence-electron chi connectivity index (χ4n) is 2.52. The standard InChI is InChI=1S/C15H19NO5/c1-2-21-15(20)10-4-3-5-16(9-10)14(19)11-6-12(17)8-13(18)7-11/h6-8,10,17-18H,2-5,9H2,1H3. The number of esters is 1. The predicted molar refractivity (Wildman–Crippen MR) is 75.0 cm³/mol. The van der Waals surface area contributed by atoms with Crippen molar-refractivity contribution in [3.05, 3.63) is 23.8 Å². The molecular weight excluding hydrogens is 274 g/mol. The number of nitrogens with zero attached hydrogens (tertiary/aromatic N) is 1. The van der Waals surface area contributed by atoms with Crippen molar-refractivity contribution in [2.75, 3.05) is 19.7 Å². The summed E-state index contributed by atoms with van der Waals surface area (Å²) in [6, 6.07) is 3.76. The normalized spacial score (nSPS) is 18.3. The summed E-state index contributed by atoms with van der Waals surface area (Å²) < 4.78 is 5.00. The second kappa shape index (κ2) is 6.47. The molecular formula is C15H19NO5. The van der Waals surface area contributed by atoms with Crippen LogP contribution in [0.25, 0.3) is 0 Å². The Bertz CT molecular complexity index is 523. The van der Waals surface area contributed by atoms with Gasteiger partial charge >= 0.3 is 5.97 Å². The van der Waals surface area contributed by atoms with E-state index < -0.39 is 0 Å². The molecule has 1 aliphatic heterocycles. The van der Waals surface area contributed by atoms with Gasteiger partial charge < -0.3 is 19.8 Å². The summed E-state index contributed by atoms with van der Waals surface area (Å²) in [7, 11) is 0. The van der Waals surface area contributed by atoms with E-state index in [2.05, 4.69) is 0 Å². The minimum absolute atomic E-state index is 0.169. The predicted octanol–water partition coefficient (Wildman–Crippen LogP) is 1.51. The van der Waals surface area contributed by atoms with E-state index >= 15 is 0 Å². The van der Waals surface area contributed by atoms with E-state index in [1.807, 2.05) is 0 Å². The van der Waals surface area contributed by atoms with Gasteiger partial charge in [-0.05, 0) is 31.9 Å². The lowest BCUT2D eigenvalue weighted by molar-refractivity contribution is -0.149. The van der Waals surface area contributed by atoms with Crippen molar-refractivity contribution in [2.45, 2.75) is 19.8 Å². The number of hydrogen-bond acceptors (Lipinski definition) is 5. The maximum atomic E-state index is 12.4. The molecule has 0 bridgehead atoms. The zero-order chi connectivity index (χ0) is 15.4. The number of piperidine rings is 1. The van der Waals surface area contributed by atoms with Gasteiger partial charge in [-0.1, -0.05) is 0 Å². The monoisotopic (exact) mass is 293 g/mol. The molecule has 1 aromatic rings. The molecule has 114 valence electrons. The highest BCUT2D eigenvalue weighted by atomic mass is 16.5. The molecule has 0 aromatic heterocycles. The third kappa shape index (κ3) is 3.65. The number of rotatable bonds is 3. The molecule has 6 heteroatoms. The largest absolute Gasteiger partial charge is 0.508 e.